The molecule has 2 aliphatic heterocycles. The van der Waals surface area contributed by atoms with Crippen molar-refractivity contribution in [3.63, 3.8) is 0 Å². The maximum absolute atomic E-state index is 5.58. The molecule has 0 saturated carbocycles. The summed E-state index contributed by atoms with van der Waals surface area (Å²) in [5.74, 6) is 0.715. The molecule has 2 atom stereocenters. The van der Waals surface area contributed by atoms with Crippen LogP contribution in [-0.4, -0.2) is 75.4 Å². The Morgan fingerprint density at radius 1 is 1.26 bits per heavy atom. The van der Waals surface area contributed by atoms with Crippen LogP contribution in [0.4, 0.5) is 0 Å². The molecule has 4 heteroatoms. The highest BCUT2D eigenvalue weighted by Crippen LogP contribution is 2.18. The van der Waals surface area contributed by atoms with Crippen molar-refractivity contribution in [1.82, 2.24) is 15.1 Å². The Balaban J connectivity index is 1.83. The number of ether oxygens (including phenoxy) is 1. The van der Waals surface area contributed by atoms with Gasteiger partial charge in [-0.15, -0.1) is 0 Å². The predicted octanol–water partition coefficient (Wildman–Crippen LogP) is 1.03. The first-order valence-electron chi connectivity index (χ1n) is 8.01. The molecule has 1 N–H and O–H groups in total. The summed E-state index contributed by atoms with van der Waals surface area (Å²) in [6, 6.07) is 0.617. The Kier molecular flexibility index (Phi) is 6.57. The molecule has 2 fully saturated rings. The van der Waals surface area contributed by atoms with Crippen molar-refractivity contribution in [2.24, 2.45) is 5.92 Å². The number of hydrogen-bond acceptors (Lipinski definition) is 4. The molecule has 0 bridgehead atoms. The van der Waals surface area contributed by atoms with Gasteiger partial charge < -0.3 is 19.9 Å². The summed E-state index contributed by atoms with van der Waals surface area (Å²) in [5, 5.41) is 3.75. The van der Waals surface area contributed by atoms with E-state index in [1.165, 1.54) is 52.0 Å². The first-order valence-corrected chi connectivity index (χ1v) is 8.01. The monoisotopic (exact) mass is 269 g/mol. The third-order valence-electron chi connectivity index (χ3n) is 4.46. The van der Waals surface area contributed by atoms with E-state index >= 15 is 0 Å². The Morgan fingerprint density at radius 3 is 2.89 bits per heavy atom. The molecule has 19 heavy (non-hydrogen) atoms. The molecule has 2 aliphatic rings. The van der Waals surface area contributed by atoms with Gasteiger partial charge in [0, 0.05) is 38.2 Å². The third kappa shape index (κ3) is 5.03. The molecular weight excluding hydrogens is 238 g/mol. The summed E-state index contributed by atoms with van der Waals surface area (Å²) in [6.07, 6.45) is 3.75. The molecule has 2 saturated heterocycles. The average Bonchev–Trinajstić information content (AvgIpc) is 2.86. The summed E-state index contributed by atoms with van der Waals surface area (Å²) >= 11 is 0. The fraction of sp³-hybridized carbons (Fsp3) is 1.00. The molecule has 0 aliphatic carbocycles. The highest BCUT2D eigenvalue weighted by Gasteiger charge is 2.27. The molecule has 112 valence electrons. The van der Waals surface area contributed by atoms with Crippen molar-refractivity contribution >= 4 is 0 Å². The van der Waals surface area contributed by atoms with Gasteiger partial charge in [0.05, 0.1) is 6.61 Å². The van der Waals surface area contributed by atoms with Gasteiger partial charge in [-0.05, 0) is 45.9 Å². The minimum Gasteiger partial charge on any atom is -0.381 e. The predicted molar refractivity (Wildman–Crippen MR) is 79.6 cm³/mol. The number of nitrogens with one attached hydrogen (secondary N) is 1. The molecule has 0 radical (unpaired) electrons. The van der Waals surface area contributed by atoms with Crippen molar-refractivity contribution in [3.8, 4) is 0 Å². The fourth-order valence-corrected chi connectivity index (χ4v) is 3.14. The summed E-state index contributed by atoms with van der Waals surface area (Å²) in [5.41, 5.74) is 0. The van der Waals surface area contributed by atoms with Gasteiger partial charge in [-0.25, -0.2) is 0 Å². The zero-order valence-corrected chi connectivity index (χ0v) is 12.7. The lowest BCUT2D eigenvalue weighted by Gasteiger charge is -2.30. The Hall–Kier alpha value is -0.160. The van der Waals surface area contributed by atoms with E-state index in [0.717, 1.165) is 19.8 Å². The van der Waals surface area contributed by atoms with E-state index in [0.29, 0.717) is 12.0 Å². The highest BCUT2D eigenvalue weighted by molar-refractivity contribution is 4.83. The van der Waals surface area contributed by atoms with Gasteiger partial charge in [0.1, 0.15) is 0 Å². The standard InChI is InChI=1S/C15H31N3O/c1-3-6-16-15(14-5-11-19-13-14)12-18-8-4-7-17(2)9-10-18/h14-16H,3-13H2,1-2H3. The van der Waals surface area contributed by atoms with E-state index in [2.05, 4.69) is 29.1 Å². The van der Waals surface area contributed by atoms with Crippen molar-refractivity contribution in [1.29, 1.82) is 0 Å². The van der Waals surface area contributed by atoms with E-state index in [9.17, 15) is 0 Å². The maximum atomic E-state index is 5.58. The van der Waals surface area contributed by atoms with Gasteiger partial charge in [-0.3, -0.25) is 0 Å². The van der Waals surface area contributed by atoms with Crippen LogP contribution in [0, 0.1) is 5.92 Å². The second-order valence-corrected chi connectivity index (χ2v) is 6.14. The van der Waals surface area contributed by atoms with Gasteiger partial charge in [-0.1, -0.05) is 6.92 Å². The van der Waals surface area contributed by atoms with Crippen LogP contribution in [0.3, 0.4) is 0 Å². The van der Waals surface area contributed by atoms with Gasteiger partial charge in [0.2, 0.25) is 0 Å². The molecule has 4 nitrogen and oxygen atoms in total. The van der Waals surface area contributed by atoms with Crippen LogP contribution in [0.2, 0.25) is 0 Å². The van der Waals surface area contributed by atoms with E-state index in [1.54, 1.807) is 0 Å². The van der Waals surface area contributed by atoms with E-state index in [1.807, 2.05) is 0 Å². The zero-order valence-electron chi connectivity index (χ0n) is 12.7. The van der Waals surface area contributed by atoms with Gasteiger partial charge in [-0.2, -0.15) is 0 Å². The van der Waals surface area contributed by atoms with Crippen LogP contribution in [0.5, 0.6) is 0 Å². The van der Waals surface area contributed by atoms with Gasteiger partial charge in [0.15, 0.2) is 0 Å². The minimum absolute atomic E-state index is 0.617. The van der Waals surface area contributed by atoms with E-state index in [4.69, 9.17) is 4.74 Å². The molecule has 0 amide bonds. The molecule has 0 aromatic carbocycles. The lowest BCUT2D eigenvalue weighted by Crippen LogP contribution is -2.47. The highest BCUT2D eigenvalue weighted by atomic mass is 16.5. The molecule has 0 aromatic heterocycles. The Morgan fingerprint density at radius 2 is 2.16 bits per heavy atom. The van der Waals surface area contributed by atoms with E-state index in [-0.39, 0.29) is 0 Å². The maximum Gasteiger partial charge on any atom is 0.0510 e. The summed E-state index contributed by atoms with van der Waals surface area (Å²) in [6.45, 7) is 11.4. The molecule has 2 unspecified atom stereocenters. The van der Waals surface area contributed by atoms with E-state index < -0.39 is 0 Å². The van der Waals surface area contributed by atoms with Crippen LogP contribution in [0.15, 0.2) is 0 Å². The molecular formula is C15H31N3O. The summed E-state index contributed by atoms with van der Waals surface area (Å²) in [7, 11) is 2.24. The summed E-state index contributed by atoms with van der Waals surface area (Å²) < 4.78 is 5.58. The number of hydrogen-bond donors (Lipinski definition) is 1. The Labute approximate surface area is 118 Å². The first kappa shape index (κ1) is 15.2. The number of nitrogens with zero attached hydrogens (tertiary/aromatic N) is 2. The van der Waals surface area contributed by atoms with Crippen LogP contribution >= 0.6 is 0 Å². The molecule has 0 aromatic rings. The van der Waals surface area contributed by atoms with Gasteiger partial charge >= 0.3 is 0 Å². The zero-order chi connectivity index (χ0) is 13.5. The molecule has 2 heterocycles. The normalized spacial score (nSPS) is 28.4. The average molecular weight is 269 g/mol. The number of rotatable bonds is 6. The van der Waals surface area contributed by atoms with Crippen LogP contribution in [0.1, 0.15) is 26.2 Å². The Bertz CT molecular complexity index is 244. The topological polar surface area (TPSA) is 27.7 Å². The van der Waals surface area contributed by atoms with Crippen LogP contribution in [-0.2, 0) is 4.74 Å². The van der Waals surface area contributed by atoms with Crippen molar-refractivity contribution < 1.29 is 4.74 Å². The SMILES string of the molecule is CCCNC(CN1CCCN(C)CC1)C1CCOC1. The third-order valence-corrected chi connectivity index (χ3v) is 4.46. The van der Waals surface area contributed by atoms with Crippen LogP contribution < -0.4 is 5.32 Å². The second-order valence-electron chi connectivity index (χ2n) is 6.14. The first-order chi connectivity index (χ1) is 9.29. The van der Waals surface area contributed by atoms with Crippen molar-refractivity contribution in [2.45, 2.75) is 32.2 Å². The summed E-state index contributed by atoms with van der Waals surface area (Å²) in [4.78, 5) is 5.10. The molecule has 2 rings (SSSR count). The quantitative estimate of drug-likeness (QED) is 0.779. The number of likely N-dealkylation sites (N-methyl/N-ethyl adjacent to an activating group) is 1. The fourth-order valence-electron chi connectivity index (χ4n) is 3.14. The van der Waals surface area contributed by atoms with Crippen molar-refractivity contribution in [2.75, 3.05) is 59.5 Å². The minimum atomic E-state index is 0.617. The largest absolute Gasteiger partial charge is 0.381 e. The van der Waals surface area contributed by atoms with Crippen molar-refractivity contribution in [3.05, 3.63) is 0 Å². The lowest BCUT2D eigenvalue weighted by molar-refractivity contribution is 0.161. The molecule has 0 spiro atoms. The van der Waals surface area contributed by atoms with Gasteiger partial charge in [0.25, 0.3) is 0 Å². The second kappa shape index (κ2) is 8.20. The smallest absolute Gasteiger partial charge is 0.0510 e. The lowest BCUT2D eigenvalue weighted by atomic mass is 9.98. The van der Waals surface area contributed by atoms with Crippen LogP contribution in [0.25, 0.3) is 0 Å².